The zero-order valence-electron chi connectivity index (χ0n) is 14.9. The molecule has 0 atom stereocenters. The van der Waals surface area contributed by atoms with Crippen LogP contribution in [0.1, 0.15) is 24.7 Å². The lowest BCUT2D eigenvalue weighted by molar-refractivity contribution is -0.141. The van der Waals surface area contributed by atoms with Crippen LogP contribution in [0.2, 0.25) is 5.02 Å². The lowest BCUT2D eigenvalue weighted by atomic mass is 10.3. The minimum absolute atomic E-state index is 0.291. The largest absolute Gasteiger partial charge is 0.494 e. The van der Waals surface area contributed by atoms with Crippen LogP contribution in [0.3, 0.4) is 0 Å². The maximum absolute atomic E-state index is 12.8. The fraction of sp³-hybridized carbons (Fsp3) is 0.412. The van der Waals surface area contributed by atoms with Crippen LogP contribution >= 0.6 is 23.8 Å². The monoisotopic (exact) mass is 420 g/mol. The summed E-state index contributed by atoms with van der Waals surface area (Å²) in [4.78, 5) is 0. The van der Waals surface area contributed by atoms with E-state index in [4.69, 9.17) is 28.6 Å². The van der Waals surface area contributed by atoms with Crippen molar-refractivity contribution in [3.63, 3.8) is 0 Å². The van der Waals surface area contributed by atoms with Crippen molar-refractivity contribution < 1.29 is 17.9 Å². The van der Waals surface area contributed by atoms with Gasteiger partial charge in [-0.25, -0.2) is 0 Å². The maximum Gasteiger partial charge on any atom is 0.436 e. The summed E-state index contributed by atoms with van der Waals surface area (Å²) in [6.07, 6.45) is -4.03. The molecule has 2 N–H and O–H groups in total. The van der Waals surface area contributed by atoms with Crippen molar-refractivity contribution in [2.24, 2.45) is 0 Å². The van der Waals surface area contributed by atoms with Gasteiger partial charge in [-0.1, -0.05) is 11.6 Å². The lowest BCUT2D eigenvalue weighted by Crippen LogP contribution is -2.29. The first-order chi connectivity index (χ1) is 12.7. The van der Waals surface area contributed by atoms with E-state index in [-0.39, 0.29) is 5.02 Å². The van der Waals surface area contributed by atoms with Gasteiger partial charge >= 0.3 is 6.18 Å². The van der Waals surface area contributed by atoms with Crippen LogP contribution in [0.5, 0.6) is 5.75 Å². The van der Waals surface area contributed by atoms with E-state index in [1.165, 1.54) is 11.6 Å². The molecule has 5 nitrogen and oxygen atoms in total. The molecule has 1 aromatic heterocycles. The van der Waals surface area contributed by atoms with E-state index in [1.54, 1.807) is 0 Å². The standard InChI is InChI=1S/C17H20ClF3N4OS/c1-3-26-13-7-5-12(6-8-13)23-16(27)22-9-4-10-25-11(2)14(18)15(24-25)17(19,20)21/h5-8H,3-4,9-10H2,1-2H3,(H2,22,23,27). The van der Waals surface area contributed by atoms with Gasteiger partial charge in [0.05, 0.1) is 17.3 Å². The maximum atomic E-state index is 12.8. The van der Waals surface area contributed by atoms with Crippen LogP contribution in [0.15, 0.2) is 24.3 Å². The molecular formula is C17H20ClF3N4OS. The van der Waals surface area contributed by atoms with Crippen LogP contribution in [0.4, 0.5) is 18.9 Å². The van der Waals surface area contributed by atoms with Crippen molar-refractivity contribution in [3.8, 4) is 5.75 Å². The van der Waals surface area contributed by atoms with Crippen molar-refractivity contribution in [2.75, 3.05) is 18.5 Å². The van der Waals surface area contributed by atoms with E-state index in [2.05, 4.69) is 15.7 Å². The zero-order chi connectivity index (χ0) is 20.0. The Morgan fingerprint density at radius 2 is 1.96 bits per heavy atom. The summed E-state index contributed by atoms with van der Waals surface area (Å²) in [5.41, 5.74) is 0.0434. The average Bonchev–Trinajstić information content (AvgIpc) is 2.89. The Morgan fingerprint density at radius 3 is 2.52 bits per heavy atom. The highest BCUT2D eigenvalue weighted by Crippen LogP contribution is 2.35. The first-order valence-electron chi connectivity index (χ1n) is 8.30. The van der Waals surface area contributed by atoms with Crippen LogP contribution < -0.4 is 15.4 Å². The molecule has 0 aliphatic carbocycles. The Labute approximate surface area is 165 Å². The van der Waals surface area contributed by atoms with Gasteiger partial charge in [-0.05, 0) is 56.8 Å². The second-order valence-corrected chi connectivity index (χ2v) is 6.45. The second-order valence-electron chi connectivity index (χ2n) is 5.66. The number of hydrogen-bond donors (Lipinski definition) is 2. The molecule has 2 aromatic rings. The van der Waals surface area contributed by atoms with Crippen molar-refractivity contribution in [3.05, 3.63) is 40.7 Å². The zero-order valence-corrected chi connectivity index (χ0v) is 16.4. The van der Waals surface area contributed by atoms with Gasteiger partial charge in [0.15, 0.2) is 10.8 Å². The minimum atomic E-state index is -4.56. The number of thiocarbonyl (C=S) groups is 1. The number of anilines is 1. The van der Waals surface area contributed by atoms with E-state index in [9.17, 15) is 13.2 Å². The van der Waals surface area contributed by atoms with Gasteiger partial charge in [-0.2, -0.15) is 18.3 Å². The van der Waals surface area contributed by atoms with Crippen LogP contribution in [-0.4, -0.2) is 28.0 Å². The number of hydrogen-bond acceptors (Lipinski definition) is 3. The molecule has 0 aliphatic heterocycles. The van der Waals surface area contributed by atoms with E-state index in [1.807, 2.05) is 31.2 Å². The van der Waals surface area contributed by atoms with E-state index in [0.717, 1.165) is 11.4 Å². The third-order valence-electron chi connectivity index (χ3n) is 3.66. The number of nitrogens with zero attached hydrogens (tertiary/aromatic N) is 2. The average molecular weight is 421 g/mol. The number of rotatable bonds is 7. The molecule has 0 bridgehead atoms. The third-order valence-corrected chi connectivity index (χ3v) is 4.36. The number of nitrogens with one attached hydrogen (secondary N) is 2. The number of aryl methyl sites for hydroxylation is 1. The molecule has 0 spiro atoms. The number of ether oxygens (including phenoxy) is 1. The van der Waals surface area contributed by atoms with Gasteiger partial charge in [-0.15, -0.1) is 0 Å². The van der Waals surface area contributed by atoms with Crippen LogP contribution in [0.25, 0.3) is 0 Å². The third kappa shape index (κ3) is 6.00. The van der Waals surface area contributed by atoms with Gasteiger partial charge in [-0.3, -0.25) is 4.68 Å². The molecule has 0 aliphatic rings. The highest BCUT2D eigenvalue weighted by molar-refractivity contribution is 7.80. The Balaban J connectivity index is 1.79. The van der Waals surface area contributed by atoms with Gasteiger partial charge in [0, 0.05) is 18.8 Å². The summed E-state index contributed by atoms with van der Waals surface area (Å²) in [5.74, 6) is 0.772. The molecule has 0 saturated carbocycles. The minimum Gasteiger partial charge on any atom is -0.494 e. The lowest BCUT2D eigenvalue weighted by Gasteiger charge is -2.11. The summed E-state index contributed by atoms with van der Waals surface area (Å²) in [6.45, 7) is 4.78. The topological polar surface area (TPSA) is 51.1 Å². The SMILES string of the molecule is CCOc1ccc(NC(=S)NCCCn2nc(C(F)(F)F)c(Cl)c2C)cc1. The van der Waals surface area contributed by atoms with Crippen molar-refractivity contribution in [1.82, 2.24) is 15.1 Å². The van der Waals surface area contributed by atoms with Gasteiger partial charge < -0.3 is 15.4 Å². The number of aromatic nitrogens is 2. The normalized spacial score (nSPS) is 11.3. The fourth-order valence-electron chi connectivity index (χ4n) is 2.33. The molecule has 1 aromatic carbocycles. The van der Waals surface area contributed by atoms with Gasteiger partial charge in [0.1, 0.15) is 5.75 Å². The van der Waals surface area contributed by atoms with Crippen molar-refractivity contribution >= 4 is 34.6 Å². The number of alkyl halides is 3. The molecule has 0 fully saturated rings. The first kappa shape index (κ1) is 21.3. The summed E-state index contributed by atoms with van der Waals surface area (Å²) < 4.78 is 45.0. The Bertz CT molecular complexity index is 778. The quantitative estimate of drug-likeness (QED) is 0.505. The molecule has 0 saturated heterocycles. The predicted octanol–water partition coefficient (Wildman–Crippen LogP) is 4.64. The van der Waals surface area contributed by atoms with Crippen LogP contribution in [-0.2, 0) is 12.7 Å². The smallest absolute Gasteiger partial charge is 0.436 e. The van der Waals surface area contributed by atoms with E-state index >= 15 is 0 Å². The molecule has 1 heterocycles. The molecule has 0 unspecified atom stereocenters. The highest BCUT2D eigenvalue weighted by Gasteiger charge is 2.38. The molecule has 0 amide bonds. The highest BCUT2D eigenvalue weighted by atomic mass is 35.5. The Kier molecular flexibility index (Phi) is 7.32. The molecular weight excluding hydrogens is 401 g/mol. The Morgan fingerprint density at radius 1 is 1.30 bits per heavy atom. The van der Waals surface area contributed by atoms with Gasteiger partial charge in [0.25, 0.3) is 0 Å². The van der Waals surface area contributed by atoms with Crippen LogP contribution in [0, 0.1) is 6.92 Å². The number of halogens is 4. The molecule has 10 heteroatoms. The van der Waals surface area contributed by atoms with Gasteiger partial charge in [0.2, 0.25) is 0 Å². The molecule has 2 rings (SSSR count). The molecule has 0 radical (unpaired) electrons. The number of benzene rings is 1. The summed E-state index contributed by atoms with van der Waals surface area (Å²) in [6, 6.07) is 7.34. The fourth-order valence-corrected chi connectivity index (χ4v) is 2.79. The summed E-state index contributed by atoms with van der Waals surface area (Å²) in [7, 11) is 0. The Hall–Kier alpha value is -2.00. The summed E-state index contributed by atoms with van der Waals surface area (Å²) >= 11 is 10.9. The van der Waals surface area contributed by atoms with E-state index < -0.39 is 11.9 Å². The predicted molar refractivity (Wildman–Crippen MR) is 103 cm³/mol. The van der Waals surface area contributed by atoms with E-state index in [0.29, 0.717) is 36.9 Å². The molecule has 27 heavy (non-hydrogen) atoms. The second kappa shape index (κ2) is 9.27. The molecule has 148 valence electrons. The van der Waals surface area contributed by atoms with Crippen molar-refractivity contribution in [1.29, 1.82) is 0 Å². The van der Waals surface area contributed by atoms with Crippen molar-refractivity contribution in [2.45, 2.75) is 33.0 Å². The first-order valence-corrected chi connectivity index (χ1v) is 9.08. The summed E-state index contributed by atoms with van der Waals surface area (Å²) in [5, 5.41) is 9.66.